The molecule has 1 N–H and O–H groups in total. The van der Waals surface area contributed by atoms with Crippen molar-refractivity contribution in [2.75, 3.05) is 12.4 Å². The number of rotatable bonds is 6. The molecular weight excluding hydrogens is 334 g/mol. The van der Waals surface area contributed by atoms with Crippen molar-refractivity contribution < 1.29 is 4.74 Å². The van der Waals surface area contributed by atoms with Gasteiger partial charge in [-0.2, -0.15) is 0 Å². The Kier molecular flexibility index (Phi) is 5.75. The summed E-state index contributed by atoms with van der Waals surface area (Å²) < 4.78 is 5.60. The number of anilines is 1. The summed E-state index contributed by atoms with van der Waals surface area (Å²) in [6.07, 6.45) is 4.39. The standard InChI is InChI=1S/C23H27N3O/c1-23(2,3)17-11-12-22(27-4)21(15-17)26-20(19-10-6-8-14-25-19)16-18-9-5-7-13-24-18/h5-15,20,26H,16H2,1-4H3. The molecule has 0 spiro atoms. The van der Waals surface area contributed by atoms with Crippen molar-refractivity contribution in [1.29, 1.82) is 0 Å². The Bertz CT molecular complexity index is 858. The van der Waals surface area contributed by atoms with Gasteiger partial charge in [-0.3, -0.25) is 9.97 Å². The third kappa shape index (κ3) is 4.85. The van der Waals surface area contributed by atoms with Crippen LogP contribution in [-0.4, -0.2) is 17.1 Å². The first-order chi connectivity index (χ1) is 13.0. The molecule has 0 aliphatic carbocycles. The highest BCUT2D eigenvalue weighted by Crippen LogP contribution is 2.34. The van der Waals surface area contributed by atoms with Crippen molar-refractivity contribution in [2.45, 2.75) is 38.6 Å². The van der Waals surface area contributed by atoms with Crippen LogP contribution in [0.2, 0.25) is 0 Å². The molecule has 4 nitrogen and oxygen atoms in total. The highest BCUT2D eigenvalue weighted by atomic mass is 16.5. The molecule has 0 aliphatic heterocycles. The highest BCUT2D eigenvalue weighted by molar-refractivity contribution is 5.60. The number of pyridine rings is 2. The van der Waals surface area contributed by atoms with Gasteiger partial charge in [0.25, 0.3) is 0 Å². The lowest BCUT2D eigenvalue weighted by atomic mass is 9.86. The molecule has 27 heavy (non-hydrogen) atoms. The number of benzene rings is 1. The fourth-order valence-corrected chi connectivity index (χ4v) is 3.01. The second-order valence-corrected chi connectivity index (χ2v) is 7.64. The summed E-state index contributed by atoms with van der Waals surface area (Å²) in [6, 6.07) is 18.3. The topological polar surface area (TPSA) is 47.0 Å². The largest absolute Gasteiger partial charge is 0.495 e. The van der Waals surface area contributed by atoms with Gasteiger partial charge in [-0.1, -0.05) is 39.0 Å². The zero-order valence-electron chi connectivity index (χ0n) is 16.4. The summed E-state index contributed by atoms with van der Waals surface area (Å²) in [5, 5.41) is 3.65. The van der Waals surface area contributed by atoms with Crippen LogP contribution >= 0.6 is 0 Å². The molecule has 0 bridgehead atoms. The Morgan fingerprint density at radius 1 is 0.963 bits per heavy atom. The van der Waals surface area contributed by atoms with E-state index in [0.29, 0.717) is 0 Å². The predicted molar refractivity (Wildman–Crippen MR) is 110 cm³/mol. The molecule has 3 aromatic rings. The fraction of sp³-hybridized carbons (Fsp3) is 0.304. The first kappa shape index (κ1) is 18.9. The Labute approximate surface area is 161 Å². The highest BCUT2D eigenvalue weighted by Gasteiger charge is 2.19. The van der Waals surface area contributed by atoms with Gasteiger partial charge in [-0.25, -0.2) is 0 Å². The lowest BCUT2D eigenvalue weighted by Gasteiger charge is -2.24. The van der Waals surface area contributed by atoms with E-state index in [1.165, 1.54) is 5.56 Å². The van der Waals surface area contributed by atoms with E-state index >= 15 is 0 Å². The molecule has 1 aromatic carbocycles. The lowest BCUT2D eigenvalue weighted by Crippen LogP contribution is -2.17. The third-order valence-electron chi connectivity index (χ3n) is 4.58. The molecule has 4 heteroatoms. The summed E-state index contributed by atoms with van der Waals surface area (Å²) in [7, 11) is 1.70. The molecule has 140 valence electrons. The van der Waals surface area contributed by atoms with Crippen molar-refractivity contribution in [3.8, 4) is 5.75 Å². The van der Waals surface area contributed by atoms with Crippen LogP contribution in [0.3, 0.4) is 0 Å². The number of hydrogen-bond acceptors (Lipinski definition) is 4. The van der Waals surface area contributed by atoms with Crippen molar-refractivity contribution >= 4 is 5.69 Å². The number of methoxy groups -OCH3 is 1. The summed E-state index contributed by atoms with van der Waals surface area (Å²) in [6.45, 7) is 6.63. The first-order valence-electron chi connectivity index (χ1n) is 9.23. The molecule has 2 aromatic heterocycles. The van der Waals surface area contributed by atoms with Crippen LogP contribution in [0.15, 0.2) is 67.0 Å². The van der Waals surface area contributed by atoms with Gasteiger partial charge in [0.1, 0.15) is 5.75 Å². The monoisotopic (exact) mass is 361 g/mol. The second-order valence-electron chi connectivity index (χ2n) is 7.64. The van der Waals surface area contributed by atoms with Crippen LogP contribution in [0.1, 0.15) is 43.8 Å². The number of hydrogen-bond donors (Lipinski definition) is 1. The van der Waals surface area contributed by atoms with Crippen LogP contribution in [0.25, 0.3) is 0 Å². The van der Waals surface area contributed by atoms with E-state index in [-0.39, 0.29) is 11.5 Å². The molecule has 0 radical (unpaired) electrons. The molecule has 3 rings (SSSR count). The molecule has 1 atom stereocenters. The van der Waals surface area contributed by atoms with Crippen LogP contribution in [0.4, 0.5) is 5.69 Å². The van der Waals surface area contributed by atoms with Gasteiger partial charge in [0.2, 0.25) is 0 Å². The number of ether oxygens (including phenoxy) is 1. The van der Waals surface area contributed by atoms with Crippen LogP contribution < -0.4 is 10.1 Å². The first-order valence-corrected chi connectivity index (χ1v) is 9.23. The zero-order valence-corrected chi connectivity index (χ0v) is 16.4. The Balaban J connectivity index is 1.96. The maximum Gasteiger partial charge on any atom is 0.141 e. The van der Waals surface area contributed by atoms with Crippen LogP contribution in [-0.2, 0) is 11.8 Å². The molecule has 2 heterocycles. The lowest BCUT2D eigenvalue weighted by molar-refractivity contribution is 0.415. The summed E-state index contributed by atoms with van der Waals surface area (Å²) >= 11 is 0. The SMILES string of the molecule is COc1ccc(C(C)(C)C)cc1NC(Cc1ccccn1)c1ccccn1. The Hall–Kier alpha value is -2.88. The van der Waals surface area contributed by atoms with Gasteiger partial charge in [0.15, 0.2) is 0 Å². The number of nitrogens with zero attached hydrogens (tertiary/aromatic N) is 2. The molecule has 0 saturated carbocycles. The fourth-order valence-electron chi connectivity index (χ4n) is 3.01. The third-order valence-corrected chi connectivity index (χ3v) is 4.58. The number of aromatic nitrogens is 2. The van der Waals surface area contributed by atoms with E-state index in [0.717, 1.165) is 29.2 Å². The minimum absolute atomic E-state index is 0.00906. The van der Waals surface area contributed by atoms with Gasteiger partial charge in [-0.15, -0.1) is 0 Å². The van der Waals surface area contributed by atoms with Crippen molar-refractivity contribution in [2.24, 2.45) is 0 Å². The Morgan fingerprint density at radius 3 is 2.30 bits per heavy atom. The number of nitrogens with one attached hydrogen (secondary N) is 1. The van der Waals surface area contributed by atoms with Gasteiger partial charge >= 0.3 is 0 Å². The predicted octanol–water partition coefficient (Wildman–Crippen LogP) is 5.18. The summed E-state index contributed by atoms with van der Waals surface area (Å²) in [4.78, 5) is 9.05. The van der Waals surface area contributed by atoms with E-state index in [2.05, 4.69) is 48.2 Å². The minimum Gasteiger partial charge on any atom is -0.495 e. The summed E-state index contributed by atoms with van der Waals surface area (Å²) in [5.41, 5.74) is 4.28. The maximum atomic E-state index is 5.60. The van der Waals surface area contributed by atoms with Crippen molar-refractivity contribution in [3.63, 3.8) is 0 Å². The molecule has 0 aliphatic rings. The second kappa shape index (κ2) is 8.21. The molecule has 0 saturated heterocycles. The molecule has 0 amide bonds. The average Bonchev–Trinajstić information content (AvgIpc) is 2.68. The van der Waals surface area contributed by atoms with Crippen LogP contribution in [0.5, 0.6) is 5.75 Å². The minimum atomic E-state index is -0.00906. The van der Waals surface area contributed by atoms with Crippen molar-refractivity contribution in [3.05, 3.63) is 83.9 Å². The molecule has 1 unspecified atom stereocenters. The van der Waals surface area contributed by atoms with E-state index in [1.54, 1.807) is 7.11 Å². The van der Waals surface area contributed by atoms with E-state index in [4.69, 9.17) is 4.74 Å². The quantitative estimate of drug-likeness (QED) is 0.657. The average molecular weight is 361 g/mol. The Morgan fingerprint density at radius 2 is 1.70 bits per heavy atom. The van der Waals surface area contributed by atoms with Gasteiger partial charge in [0, 0.05) is 24.5 Å². The smallest absolute Gasteiger partial charge is 0.141 e. The summed E-state index contributed by atoms with van der Waals surface area (Å²) in [5.74, 6) is 0.824. The zero-order chi connectivity index (χ0) is 19.3. The van der Waals surface area contributed by atoms with Crippen LogP contribution in [0, 0.1) is 0 Å². The van der Waals surface area contributed by atoms with E-state index in [9.17, 15) is 0 Å². The van der Waals surface area contributed by atoms with Crippen molar-refractivity contribution in [1.82, 2.24) is 9.97 Å². The molecular formula is C23H27N3O. The van der Waals surface area contributed by atoms with E-state index < -0.39 is 0 Å². The molecule has 0 fully saturated rings. The van der Waals surface area contributed by atoms with Gasteiger partial charge in [-0.05, 0) is 47.4 Å². The normalized spacial score (nSPS) is 12.4. The maximum absolute atomic E-state index is 5.60. The van der Waals surface area contributed by atoms with E-state index in [1.807, 2.05) is 54.9 Å². The van der Waals surface area contributed by atoms with Gasteiger partial charge in [0.05, 0.1) is 24.5 Å². The van der Waals surface area contributed by atoms with Gasteiger partial charge < -0.3 is 10.1 Å².